The topological polar surface area (TPSA) is 9.23 Å². The third kappa shape index (κ3) is 4.35. The molecule has 0 bridgehead atoms. The molecule has 2 rings (SSSR count). The molecule has 0 N–H and O–H groups in total. The Morgan fingerprint density at radius 1 is 1.05 bits per heavy atom. The average Bonchev–Trinajstić information content (AvgIpc) is 2.53. The summed E-state index contributed by atoms with van der Waals surface area (Å²) in [4.78, 5) is 0. The molecule has 116 valence electrons. The van der Waals surface area contributed by atoms with Crippen LogP contribution in [-0.2, 0) is 4.74 Å². The van der Waals surface area contributed by atoms with Gasteiger partial charge in [-0.3, -0.25) is 0 Å². The smallest absolute Gasteiger partial charge is 0.0644 e. The van der Waals surface area contributed by atoms with Crippen LogP contribution in [0.5, 0.6) is 0 Å². The summed E-state index contributed by atoms with van der Waals surface area (Å²) in [6.07, 6.45) is 17.8. The second-order valence-electron chi connectivity index (χ2n) is 7.20. The Hall–Kier alpha value is -0.300. The monoisotopic (exact) mass is 278 g/mol. The molecule has 2 aliphatic rings. The largest absolute Gasteiger partial charge is 0.377 e. The molecule has 0 aromatic heterocycles. The van der Waals surface area contributed by atoms with E-state index in [9.17, 15) is 0 Å². The Kier molecular flexibility index (Phi) is 6.61. The molecule has 1 nitrogen and oxygen atoms in total. The molecule has 1 heteroatoms. The van der Waals surface area contributed by atoms with Crippen LogP contribution in [0.25, 0.3) is 0 Å². The first-order chi connectivity index (χ1) is 9.79. The minimum Gasteiger partial charge on any atom is -0.377 e. The van der Waals surface area contributed by atoms with Gasteiger partial charge in [-0.25, -0.2) is 0 Å². The van der Waals surface area contributed by atoms with Crippen molar-refractivity contribution in [3.63, 3.8) is 0 Å². The zero-order valence-corrected chi connectivity index (χ0v) is 13.5. The molecule has 0 saturated heterocycles. The lowest BCUT2D eigenvalue weighted by Crippen LogP contribution is -2.31. The third-order valence-corrected chi connectivity index (χ3v) is 6.17. The van der Waals surface area contributed by atoms with E-state index in [-0.39, 0.29) is 0 Å². The van der Waals surface area contributed by atoms with Crippen molar-refractivity contribution in [1.82, 2.24) is 0 Å². The van der Waals surface area contributed by atoms with E-state index in [1.54, 1.807) is 0 Å². The average molecular weight is 278 g/mol. The standard InChI is InChI=1S/C19H34O/c1-3-15-20-16-14-19(4-2)12-10-18(11-13-19)17-8-6-5-7-9-17/h3,17-18H,1,4-16H2,2H3/t18-,19+. The maximum absolute atomic E-state index is 5.64. The molecular formula is C19H34O. The molecule has 0 aromatic rings. The van der Waals surface area contributed by atoms with Crippen molar-refractivity contribution in [2.75, 3.05) is 13.2 Å². The fraction of sp³-hybridized carbons (Fsp3) is 0.895. The van der Waals surface area contributed by atoms with Gasteiger partial charge in [-0.05, 0) is 49.4 Å². The van der Waals surface area contributed by atoms with E-state index in [1.807, 2.05) is 6.08 Å². The minimum absolute atomic E-state index is 0.590. The van der Waals surface area contributed by atoms with E-state index in [4.69, 9.17) is 4.74 Å². The van der Waals surface area contributed by atoms with Crippen LogP contribution in [0.4, 0.5) is 0 Å². The molecule has 2 aliphatic carbocycles. The van der Waals surface area contributed by atoms with Crippen LogP contribution in [0, 0.1) is 17.3 Å². The molecule has 0 radical (unpaired) electrons. The van der Waals surface area contributed by atoms with E-state index in [1.165, 1.54) is 70.6 Å². The molecule has 0 amide bonds. The van der Waals surface area contributed by atoms with Crippen LogP contribution in [0.2, 0.25) is 0 Å². The van der Waals surface area contributed by atoms with Crippen LogP contribution in [-0.4, -0.2) is 13.2 Å². The summed E-state index contributed by atoms with van der Waals surface area (Å²) in [7, 11) is 0. The van der Waals surface area contributed by atoms with Crippen LogP contribution >= 0.6 is 0 Å². The van der Waals surface area contributed by atoms with Crippen LogP contribution in [0.3, 0.4) is 0 Å². The van der Waals surface area contributed by atoms with Gasteiger partial charge in [-0.1, -0.05) is 51.5 Å². The van der Waals surface area contributed by atoms with E-state index in [0.717, 1.165) is 18.4 Å². The van der Waals surface area contributed by atoms with Gasteiger partial charge >= 0.3 is 0 Å². The van der Waals surface area contributed by atoms with Crippen molar-refractivity contribution in [2.45, 2.75) is 77.6 Å². The van der Waals surface area contributed by atoms with Gasteiger partial charge in [-0.2, -0.15) is 0 Å². The number of hydrogen-bond acceptors (Lipinski definition) is 1. The Balaban J connectivity index is 1.76. The first-order valence-electron chi connectivity index (χ1n) is 8.98. The molecule has 0 aromatic carbocycles. The molecule has 0 spiro atoms. The molecule has 0 atom stereocenters. The summed E-state index contributed by atoms with van der Waals surface area (Å²) < 4.78 is 5.64. The fourth-order valence-electron chi connectivity index (χ4n) is 4.57. The normalized spacial score (nSPS) is 32.1. The van der Waals surface area contributed by atoms with Crippen molar-refractivity contribution in [3.8, 4) is 0 Å². The lowest BCUT2D eigenvalue weighted by molar-refractivity contribution is 0.0538. The zero-order valence-electron chi connectivity index (χ0n) is 13.5. The van der Waals surface area contributed by atoms with Gasteiger partial charge < -0.3 is 4.74 Å². The highest BCUT2D eigenvalue weighted by molar-refractivity contribution is 4.87. The summed E-state index contributed by atoms with van der Waals surface area (Å²) in [5, 5.41) is 0. The summed E-state index contributed by atoms with van der Waals surface area (Å²) >= 11 is 0. The summed E-state index contributed by atoms with van der Waals surface area (Å²) in [5.41, 5.74) is 0.590. The quantitative estimate of drug-likeness (QED) is 0.426. The number of hydrogen-bond donors (Lipinski definition) is 0. The molecule has 0 heterocycles. The van der Waals surface area contributed by atoms with E-state index in [2.05, 4.69) is 13.5 Å². The van der Waals surface area contributed by atoms with Crippen LogP contribution < -0.4 is 0 Å². The van der Waals surface area contributed by atoms with Crippen LogP contribution in [0.1, 0.15) is 77.6 Å². The van der Waals surface area contributed by atoms with Crippen molar-refractivity contribution in [1.29, 1.82) is 0 Å². The predicted molar refractivity (Wildman–Crippen MR) is 86.9 cm³/mol. The van der Waals surface area contributed by atoms with Gasteiger partial charge in [-0.15, -0.1) is 6.58 Å². The Morgan fingerprint density at radius 2 is 1.70 bits per heavy atom. The predicted octanol–water partition coefficient (Wildman–Crippen LogP) is 5.75. The van der Waals surface area contributed by atoms with E-state index >= 15 is 0 Å². The first-order valence-corrected chi connectivity index (χ1v) is 8.98. The van der Waals surface area contributed by atoms with Gasteiger partial charge in [0.15, 0.2) is 0 Å². The van der Waals surface area contributed by atoms with E-state index in [0.29, 0.717) is 12.0 Å². The molecule has 2 saturated carbocycles. The highest BCUT2D eigenvalue weighted by Gasteiger charge is 2.36. The second-order valence-corrected chi connectivity index (χ2v) is 7.20. The summed E-state index contributed by atoms with van der Waals surface area (Å²) in [6, 6.07) is 0. The van der Waals surface area contributed by atoms with Crippen molar-refractivity contribution in [2.24, 2.45) is 17.3 Å². The minimum atomic E-state index is 0.590. The van der Waals surface area contributed by atoms with E-state index < -0.39 is 0 Å². The third-order valence-electron chi connectivity index (χ3n) is 6.17. The number of rotatable bonds is 7. The van der Waals surface area contributed by atoms with Gasteiger partial charge in [0.25, 0.3) is 0 Å². The molecule has 20 heavy (non-hydrogen) atoms. The molecule has 0 aliphatic heterocycles. The van der Waals surface area contributed by atoms with Crippen molar-refractivity contribution >= 4 is 0 Å². The first kappa shape index (κ1) is 16.1. The second kappa shape index (κ2) is 8.22. The summed E-state index contributed by atoms with van der Waals surface area (Å²) in [5.74, 6) is 2.11. The fourth-order valence-corrected chi connectivity index (χ4v) is 4.57. The van der Waals surface area contributed by atoms with Gasteiger partial charge in [0, 0.05) is 6.61 Å². The Morgan fingerprint density at radius 3 is 2.30 bits per heavy atom. The molecule has 2 fully saturated rings. The molecule has 0 unspecified atom stereocenters. The maximum atomic E-state index is 5.64. The Labute approximate surface area is 126 Å². The highest BCUT2D eigenvalue weighted by atomic mass is 16.5. The lowest BCUT2D eigenvalue weighted by atomic mass is 9.63. The SMILES string of the molecule is C=CCOCC[C@]1(CC)CC[C@H](C2CCCCC2)CC1. The lowest BCUT2D eigenvalue weighted by Gasteiger charge is -2.43. The van der Waals surface area contributed by atoms with Gasteiger partial charge in [0.05, 0.1) is 6.61 Å². The van der Waals surface area contributed by atoms with Crippen molar-refractivity contribution in [3.05, 3.63) is 12.7 Å². The summed E-state index contributed by atoms with van der Waals surface area (Å²) in [6.45, 7) is 7.74. The zero-order chi connectivity index (χ0) is 14.3. The van der Waals surface area contributed by atoms with Crippen LogP contribution in [0.15, 0.2) is 12.7 Å². The Bertz CT molecular complexity index is 269. The van der Waals surface area contributed by atoms with Gasteiger partial charge in [0.1, 0.15) is 0 Å². The van der Waals surface area contributed by atoms with Gasteiger partial charge in [0.2, 0.25) is 0 Å². The highest BCUT2D eigenvalue weighted by Crippen LogP contribution is 2.48. The van der Waals surface area contributed by atoms with Crippen molar-refractivity contribution < 1.29 is 4.74 Å². The number of ether oxygens (including phenoxy) is 1. The maximum Gasteiger partial charge on any atom is 0.0644 e. The molecular weight excluding hydrogens is 244 g/mol.